The van der Waals surface area contributed by atoms with Crippen molar-refractivity contribution in [2.24, 2.45) is 0 Å². The average molecular weight is 380 g/mol. The minimum atomic E-state index is -3.23. The van der Waals surface area contributed by atoms with E-state index >= 15 is 0 Å². The molecule has 134 valence electrons. The highest BCUT2D eigenvalue weighted by atomic mass is 35.5. The Morgan fingerprint density at radius 1 is 1.04 bits per heavy atom. The van der Waals surface area contributed by atoms with Gasteiger partial charge in [0.15, 0.2) is 0 Å². The first-order valence-electron chi connectivity index (χ1n) is 8.47. The van der Waals surface area contributed by atoms with Crippen LogP contribution in [0.5, 0.6) is 5.75 Å². The summed E-state index contributed by atoms with van der Waals surface area (Å²) in [6, 6.07) is 17.0. The summed E-state index contributed by atoms with van der Waals surface area (Å²) in [7, 11) is -3.23. The van der Waals surface area contributed by atoms with Gasteiger partial charge in [-0.25, -0.2) is 12.7 Å². The van der Waals surface area contributed by atoms with Gasteiger partial charge in [0.25, 0.3) is 0 Å². The Bertz CT molecular complexity index is 787. The van der Waals surface area contributed by atoms with Crippen molar-refractivity contribution in [3.8, 4) is 5.75 Å². The molecule has 0 aromatic heterocycles. The molecule has 1 aliphatic rings. The molecule has 2 aromatic carbocycles. The number of piperidine rings is 1. The standard InChI is InChI=1S/C19H22ClNO3S/c20-17-7-4-8-19(15-17)24-18-9-12-21(13-10-18)25(22,23)14-11-16-5-2-1-3-6-16/h1-8,15,18H,9-14H2. The minimum Gasteiger partial charge on any atom is -0.490 e. The zero-order chi connectivity index (χ0) is 17.7. The van der Waals surface area contributed by atoms with Crippen molar-refractivity contribution >= 4 is 21.6 Å². The third-order valence-corrected chi connectivity index (χ3v) is 6.49. The molecule has 0 N–H and O–H groups in total. The van der Waals surface area contributed by atoms with Gasteiger partial charge in [-0.2, -0.15) is 0 Å². The van der Waals surface area contributed by atoms with E-state index in [1.807, 2.05) is 42.5 Å². The molecule has 2 aromatic rings. The van der Waals surface area contributed by atoms with E-state index in [9.17, 15) is 8.42 Å². The van der Waals surface area contributed by atoms with Crippen LogP contribution >= 0.6 is 11.6 Å². The van der Waals surface area contributed by atoms with Crippen LogP contribution in [0.2, 0.25) is 5.02 Å². The highest BCUT2D eigenvalue weighted by molar-refractivity contribution is 7.89. The molecule has 1 heterocycles. The molecule has 25 heavy (non-hydrogen) atoms. The number of hydrogen-bond donors (Lipinski definition) is 0. The fourth-order valence-electron chi connectivity index (χ4n) is 2.98. The van der Waals surface area contributed by atoms with E-state index in [1.54, 1.807) is 16.4 Å². The maximum absolute atomic E-state index is 12.5. The van der Waals surface area contributed by atoms with Crippen LogP contribution in [0.4, 0.5) is 0 Å². The number of ether oxygens (including phenoxy) is 1. The first-order chi connectivity index (χ1) is 12.0. The van der Waals surface area contributed by atoms with Gasteiger partial charge in [0.2, 0.25) is 10.0 Å². The molecule has 0 spiro atoms. The van der Waals surface area contributed by atoms with Crippen LogP contribution in [0.3, 0.4) is 0 Å². The average Bonchev–Trinajstić information content (AvgIpc) is 2.62. The van der Waals surface area contributed by atoms with Crippen molar-refractivity contribution in [3.63, 3.8) is 0 Å². The van der Waals surface area contributed by atoms with Crippen molar-refractivity contribution in [3.05, 3.63) is 65.2 Å². The smallest absolute Gasteiger partial charge is 0.214 e. The first-order valence-corrected chi connectivity index (χ1v) is 10.5. The summed E-state index contributed by atoms with van der Waals surface area (Å²) < 4.78 is 32.6. The number of benzene rings is 2. The molecule has 1 aliphatic heterocycles. The summed E-state index contributed by atoms with van der Waals surface area (Å²) in [5, 5.41) is 0.637. The van der Waals surface area contributed by atoms with Crippen molar-refractivity contribution in [1.29, 1.82) is 0 Å². The van der Waals surface area contributed by atoms with Gasteiger partial charge in [-0.15, -0.1) is 0 Å². The minimum absolute atomic E-state index is 0.0269. The van der Waals surface area contributed by atoms with E-state index in [-0.39, 0.29) is 11.9 Å². The summed E-state index contributed by atoms with van der Waals surface area (Å²) in [6.07, 6.45) is 1.95. The molecular weight excluding hydrogens is 358 g/mol. The van der Waals surface area contributed by atoms with E-state index in [0.29, 0.717) is 37.4 Å². The summed E-state index contributed by atoms with van der Waals surface area (Å²) in [4.78, 5) is 0. The molecular formula is C19H22ClNO3S. The molecule has 3 rings (SSSR count). The van der Waals surface area contributed by atoms with Gasteiger partial charge in [-0.05, 0) is 43.0 Å². The van der Waals surface area contributed by atoms with Gasteiger partial charge in [0.1, 0.15) is 11.9 Å². The highest BCUT2D eigenvalue weighted by Crippen LogP contribution is 2.23. The van der Waals surface area contributed by atoms with Crippen LogP contribution in [0.1, 0.15) is 18.4 Å². The lowest BCUT2D eigenvalue weighted by Crippen LogP contribution is -2.42. The van der Waals surface area contributed by atoms with Crippen LogP contribution in [0.25, 0.3) is 0 Å². The second kappa shape index (κ2) is 8.21. The molecule has 1 saturated heterocycles. The number of rotatable bonds is 6. The maximum atomic E-state index is 12.5. The lowest BCUT2D eigenvalue weighted by Gasteiger charge is -2.31. The van der Waals surface area contributed by atoms with E-state index in [4.69, 9.17) is 16.3 Å². The molecule has 0 amide bonds. The van der Waals surface area contributed by atoms with Gasteiger partial charge in [-0.3, -0.25) is 0 Å². The molecule has 0 atom stereocenters. The van der Waals surface area contributed by atoms with Gasteiger partial charge < -0.3 is 4.74 Å². The molecule has 0 saturated carbocycles. The molecule has 0 radical (unpaired) electrons. The Morgan fingerprint density at radius 3 is 2.44 bits per heavy atom. The van der Waals surface area contributed by atoms with Crippen LogP contribution in [0, 0.1) is 0 Å². The largest absolute Gasteiger partial charge is 0.490 e. The third-order valence-electron chi connectivity index (χ3n) is 4.38. The zero-order valence-electron chi connectivity index (χ0n) is 14.0. The Kier molecular flexibility index (Phi) is 5.99. The molecule has 0 unspecified atom stereocenters. The topological polar surface area (TPSA) is 46.6 Å². The van der Waals surface area contributed by atoms with Crippen molar-refractivity contribution in [2.45, 2.75) is 25.4 Å². The zero-order valence-corrected chi connectivity index (χ0v) is 15.5. The second-order valence-electron chi connectivity index (χ2n) is 6.23. The molecule has 1 fully saturated rings. The molecule has 4 nitrogen and oxygen atoms in total. The highest BCUT2D eigenvalue weighted by Gasteiger charge is 2.28. The number of sulfonamides is 1. The summed E-state index contributed by atoms with van der Waals surface area (Å²) >= 11 is 5.96. The van der Waals surface area contributed by atoms with E-state index < -0.39 is 10.0 Å². The van der Waals surface area contributed by atoms with Crippen molar-refractivity contribution in [1.82, 2.24) is 4.31 Å². The summed E-state index contributed by atoms with van der Waals surface area (Å²) in [6.45, 7) is 1.00. The van der Waals surface area contributed by atoms with E-state index in [0.717, 1.165) is 11.3 Å². The Balaban J connectivity index is 1.50. The summed E-state index contributed by atoms with van der Waals surface area (Å²) in [5.41, 5.74) is 1.05. The molecule has 0 bridgehead atoms. The summed E-state index contributed by atoms with van der Waals surface area (Å²) in [5.74, 6) is 0.884. The maximum Gasteiger partial charge on any atom is 0.214 e. The van der Waals surface area contributed by atoms with E-state index in [2.05, 4.69) is 0 Å². The predicted molar refractivity (Wildman–Crippen MR) is 101 cm³/mol. The van der Waals surface area contributed by atoms with Gasteiger partial charge in [0, 0.05) is 18.1 Å². The van der Waals surface area contributed by atoms with Gasteiger partial charge in [-0.1, -0.05) is 48.0 Å². The van der Waals surface area contributed by atoms with E-state index in [1.165, 1.54) is 0 Å². The third kappa shape index (κ3) is 5.21. The lowest BCUT2D eigenvalue weighted by atomic mass is 10.1. The Morgan fingerprint density at radius 2 is 1.76 bits per heavy atom. The van der Waals surface area contributed by atoms with Crippen LogP contribution < -0.4 is 4.74 Å². The number of halogens is 1. The first kappa shape index (κ1) is 18.2. The molecule has 0 aliphatic carbocycles. The van der Waals surface area contributed by atoms with Crippen LogP contribution in [-0.4, -0.2) is 37.7 Å². The number of hydrogen-bond acceptors (Lipinski definition) is 3. The molecule has 6 heteroatoms. The SMILES string of the molecule is O=S(=O)(CCc1ccccc1)N1CCC(Oc2cccc(Cl)c2)CC1. The fraction of sp³-hybridized carbons (Fsp3) is 0.368. The van der Waals surface area contributed by atoms with Crippen molar-refractivity contribution < 1.29 is 13.2 Å². The number of nitrogens with zero attached hydrogens (tertiary/aromatic N) is 1. The van der Waals surface area contributed by atoms with Crippen molar-refractivity contribution in [2.75, 3.05) is 18.8 Å². The lowest BCUT2D eigenvalue weighted by molar-refractivity contribution is 0.135. The quantitative estimate of drug-likeness (QED) is 0.767. The Labute approximate surface area is 154 Å². The predicted octanol–water partition coefficient (Wildman–Crippen LogP) is 3.76. The monoisotopic (exact) mass is 379 g/mol. The normalized spacial score (nSPS) is 16.7. The Hall–Kier alpha value is -1.56. The van der Waals surface area contributed by atoms with Gasteiger partial charge in [0.05, 0.1) is 5.75 Å². The van der Waals surface area contributed by atoms with Crippen LogP contribution in [0.15, 0.2) is 54.6 Å². The second-order valence-corrected chi connectivity index (χ2v) is 8.75. The fourth-order valence-corrected chi connectivity index (χ4v) is 4.68. The van der Waals surface area contributed by atoms with Gasteiger partial charge >= 0.3 is 0 Å². The van der Waals surface area contributed by atoms with Crippen LogP contribution in [-0.2, 0) is 16.4 Å². The number of aryl methyl sites for hydroxylation is 1.